The van der Waals surface area contributed by atoms with Gasteiger partial charge in [0.2, 0.25) is 0 Å². The molecule has 7 heteroatoms. The minimum Gasteiger partial charge on any atom is -0.323 e. The smallest absolute Gasteiger partial charge is 0.323 e. The van der Waals surface area contributed by atoms with Crippen molar-refractivity contribution in [3.05, 3.63) is 89.7 Å². The number of aromatic nitrogens is 1. The standard InChI is InChI=1S/C19H14F3N3O/c20-19(21,22)15-7-5-6-14(12-15)13-23-24-18(26)16-8-1-2-9-17(16)25-10-3-4-11-25/h1-13H,(H,24,26)/b23-13-. The third-order valence-electron chi connectivity index (χ3n) is 3.62. The first-order chi connectivity index (χ1) is 12.4. The molecule has 2 aromatic carbocycles. The molecule has 132 valence electrons. The second-order valence-corrected chi connectivity index (χ2v) is 5.43. The van der Waals surface area contributed by atoms with Crippen LogP contribution in [0.5, 0.6) is 0 Å². The molecule has 0 atom stereocenters. The highest BCUT2D eigenvalue weighted by Gasteiger charge is 2.30. The quantitative estimate of drug-likeness (QED) is 0.550. The monoisotopic (exact) mass is 357 g/mol. The van der Waals surface area contributed by atoms with Crippen molar-refractivity contribution in [2.24, 2.45) is 5.10 Å². The summed E-state index contributed by atoms with van der Waals surface area (Å²) in [7, 11) is 0. The minimum atomic E-state index is -4.43. The van der Waals surface area contributed by atoms with E-state index in [1.807, 2.05) is 12.1 Å². The van der Waals surface area contributed by atoms with Crippen LogP contribution in [0.3, 0.4) is 0 Å². The number of hydrazone groups is 1. The Morgan fingerprint density at radius 2 is 1.73 bits per heavy atom. The van der Waals surface area contributed by atoms with E-state index in [0.717, 1.165) is 12.1 Å². The maximum Gasteiger partial charge on any atom is 0.416 e. The Kier molecular flexibility index (Phi) is 4.88. The Bertz CT molecular complexity index is 931. The summed E-state index contributed by atoms with van der Waals surface area (Å²) in [6.45, 7) is 0. The van der Waals surface area contributed by atoms with Gasteiger partial charge in [0.05, 0.1) is 23.0 Å². The molecule has 0 aliphatic carbocycles. The number of amides is 1. The Morgan fingerprint density at radius 3 is 2.46 bits per heavy atom. The lowest BCUT2D eigenvalue weighted by atomic mass is 10.1. The Morgan fingerprint density at radius 1 is 1.00 bits per heavy atom. The maximum atomic E-state index is 12.7. The summed E-state index contributed by atoms with van der Waals surface area (Å²) in [6.07, 6.45) is 0.351. The largest absolute Gasteiger partial charge is 0.416 e. The summed E-state index contributed by atoms with van der Waals surface area (Å²) in [6, 6.07) is 15.3. The van der Waals surface area contributed by atoms with Crippen molar-refractivity contribution >= 4 is 12.1 Å². The highest BCUT2D eigenvalue weighted by molar-refractivity contribution is 5.98. The molecule has 0 bridgehead atoms. The van der Waals surface area contributed by atoms with Gasteiger partial charge in [0, 0.05) is 12.4 Å². The summed E-state index contributed by atoms with van der Waals surface area (Å²) in [5.74, 6) is -0.461. The van der Waals surface area contributed by atoms with E-state index < -0.39 is 17.6 Å². The molecule has 1 N–H and O–H groups in total. The van der Waals surface area contributed by atoms with E-state index in [-0.39, 0.29) is 5.56 Å². The number of hydrogen-bond acceptors (Lipinski definition) is 2. The molecule has 0 unspecified atom stereocenters. The van der Waals surface area contributed by atoms with Crippen LogP contribution in [0.25, 0.3) is 5.69 Å². The molecule has 0 saturated carbocycles. The molecule has 3 aromatic rings. The summed E-state index contributed by atoms with van der Waals surface area (Å²) in [5, 5.41) is 3.76. The van der Waals surface area contributed by atoms with Gasteiger partial charge in [-0.2, -0.15) is 18.3 Å². The number of nitrogens with one attached hydrogen (secondary N) is 1. The molecule has 0 radical (unpaired) electrons. The van der Waals surface area contributed by atoms with Crippen molar-refractivity contribution in [3.8, 4) is 5.69 Å². The SMILES string of the molecule is O=C(N/N=C\c1cccc(C(F)(F)F)c1)c1ccccc1-n1cccc1. The lowest BCUT2D eigenvalue weighted by molar-refractivity contribution is -0.137. The second-order valence-electron chi connectivity index (χ2n) is 5.43. The van der Waals surface area contributed by atoms with Gasteiger partial charge >= 0.3 is 6.18 Å². The van der Waals surface area contributed by atoms with Crippen LogP contribution in [-0.2, 0) is 6.18 Å². The van der Waals surface area contributed by atoms with Gasteiger partial charge < -0.3 is 4.57 Å². The first-order valence-corrected chi connectivity index (χ1v) is 7.68. The number of nitrogens with zero attached hydrogens (tertiary/aromatic N) is 2. The van der Waals surface area contributed by atoms with Crippen LogP contribution in [-0.4, -0.2) is 16.7 Å². The average Bonchev–Trinajstić information content (AvgIpc) is 3.16. The summed E-state index contributed by atoms with van der Waals surface area (Å²) in [5.41, 5.74) is 2.87. The molecular weight excluding hydrogens is 343 g/mol. The normalized spacial score (nSPS) is 11.7. The fourth-order valence-electron chi connectivity index (χ4n) is 2.41. The third kappa shape index (κ3) is 4.00. The van der Waals surface area contributed by atoms with E-state index >= 15 is 0 Å². The number of carbonyl (C=O) groups is 1. The maximum absolute atomic E-state index is 12.7. The van der Waals surface area contributed by atoms with E-state index in [0.29, 0.717) is 11.3 Å². The van der Waals surface area contributed by atoms with Gasteiger partial charge in [-0.1, -0.05) is 24.3 Å². The zero-order valence-corrected chi connectivity index (χ0v) is 13.4. The Labute approximate surface area is 147 Å². The molecule has 0 spiro atoms. The lowest BCUT2D eigenvalue weighted by Crippen LogP contribution is -2.19. The third-order valence-corrected chi connectivity index (χ3v) is 3.62. The van der Waals surface area contributed by atoms with E-state index in [4.69, 9.17) is 0 Å². The predicted octanol–water partition coefficient (Wildman–Crippen LogP) is 4.26. The minimum absolute atomic E-state index is 0.235. The molecule has 1 aromatic heterocycles. The van der Waals surface area contributed by atoms with Gasteiger partial charge in [-0.05, 0) is 42.0 Å². The molecule has 4 nitrogen and oxygen atoms in total. The van der Waals surface area contributed by atoms with Gasteiger partial charge in [0.1, 0.15) is 0 Å². The summed E-state index contributed by atoms with van der Waals surface area (Å²) < 4.78 is 39.9. The van der Waals surface area contributed by atoms with Crippen molar-refractivity contribution < 1.29 is 18.0 Å². The number of benzene rings is 2. The molecule has 0 saturated heterocycles. The van der Waals surface area contributed by atoms with Crippen LogP contribution < -0.4 is 5.43 Å². The molecular formula is C19H14F3N3O. The van der Waals surface area contributed by atoms with E-state index in [1.54, 1.807) is 41.2 Å². The number of halogens is 3. The van der Waals surface area contributed by atoms with Crippen LogP contribution in [0, 0.1) is 0 Å². The van der Waals surface area contributed by atoms with Crippen LogP contribution in [0.1, 0.15) is 21.5 Å². The molecule has 0 aliphatic rings. The second kappa shape index (κ2) is 7.26. The zero-order chi connectivity index (χ0) is 18.6. The van der Waals surface area contributed by atoms with Crippen LogP contribution in [0.2, 0.25) is 0 Å². The molecule has 0 aliphatic heterocycles. The predicted molar refractivity (Wildman–Crippen MR) is 92.3 cm³/mol. The van der Waals surface area contributed by atoms with Crippen LogP contribution in [0.4, 0.5) is 13.2 Å². The van der Waals surface area contributed by atoms with E-state index in [1.165, 1.54) is 18.3 Å². The number of para-hydroxylation sites is 1. The first kappa shape index (κ1) is 17.5. The van der Waals surface area contributed by atoms with E-state index in [9.17, 15) is 18.0 Å². The van der Waals surface area contributed by atoms with Crippen molar-refractivity contribution in [1.82, 2.24) is 9.99 Å². The average molecular weight is 357 g/mol. The van der Waals surface area contributed by atoms with E-state index in [2.05, 4.69) is 10.5 Å². The highest BCUT2D eigenvalue weighted by atomic mass is 19.4. The van der Waals surface area contributed by atoms with Crippen molar-refractivity contribution in [1.29, 1.82) is 0 Å². The van der Waals surface area contributed by atoms with Gasteiger partial charge in [-0.3, -0.25) is 4.79 Å². The fourth-order valence-corrected chi connectivity index (χ4v) is 2.41. The van der Waals surface area contributed by atoms with Gasteiger partial charge in [-0.15, -0.1) is 0 Å². The van der Waals surface area contributed by atoms with Gasteiger partial charge in [0.15, 0.2) is 0 Å². The number of alkyl halides is 3. The molecule has 0 fully saturated rings. The molecule has 1 amide bonds. The fraction of sp³-hybridized carbons (Fsp3) is 0.0526. The first-order valence-electron chi connectivity index (χ1n) is 7.68. The zero-order valence-electron chi connectivity index (χ0n) is 13.4. The molecule has 3 rings (SSSR count). The van der Waals surface area contributed by atoms with Gasteiger partial charge in [-0.25, -0.2) is 5.43 Å². The van der Waals surface area contributed by atoms with Crippen LogP contribution >= 0.6 is 0 Å². The van der Waals surface area contributed by atoms with Crippen molar-refractivity contribution in [2.45, 2.75) is 6.18 Å². The van der Waals surface area contributed by atoms with Crippen molar-refractivity contribution in [2.75, 3.05) is 0 Å². The number of rotatable bonds is 4. The van der Waals surface area contributed by atoms with Gasteiger partial charge in [0.25, 0.3) is 5.91 Å². The van der Waals surface area contributed by atoms with Crippen molar-refractivity contribution in [3.63, 3.8) is 0 Å². The molecule has 26 heavy (non-hydrogen) atoms. The number of carbonyl (C=O) groups excluding carboxylic acids is 1. The Hall–Kier alpha value is -3.35. The molecule has 1 heterocycles. The number of hydrogen-bond donors (Lipinski definition) is 1. The Balaban J connectivity index is 1.75. The van der Waals surface area contributed by atoms with Crippen LogP contribution in [0.15, 0.2) is 78.2 Å². The summed E-state index contributed by atoms with van der Waals surface area (Å²) in [4.78, 5) is 12.4. The highest BCUT2D eigenvalue weighted by Crippen LogP contribution is 2.29. The topological polar surface area (TPSA) is 46.4 Å². The lowest BCUT2D eigenvalue weighted by Gasteiger charge is -2.09. The summed E-state index contributed by atoms with van der Waals surface area (Å²) >= 11 is 0.